The predicted molar refractivity (Wildman–Crippen MR) is 83.8 cm³/mol. The fraction of sp³-hybridized carbons (Fsp3) is 0.500. The van der Waals surface area contributed by atoms with Gasteiger partial charge in [0, 0.05) is 25.2 Å². The Morgan fingerprint density at radius 1 is 1.24 bits per heavy atom. The Hall–Kier alpha value is -1.88. The maximum Gasteiger partial charge on any atom is 0.251 e. The van der Waals surface area contributed by atoms with Crippen molar-refractivity contribution in [2.45, 2.75) is 26.3 Å². The van der Waals surface area contributed by atoms with E-state index in [1.54, 1.807) is 36.2 Å². The fourth-order valence-corrected chi connectivity index (χ4v) is 1.78. The highest BCUT2D eigenvalue weighted by molar-refractivity contribution is 5.96. The van der Waals surface area contributed by atoms with E-state index in [0.717, 1.165) is 6.42 Å². The first kappa shape index (κ1) is 17.2. The van der Waals surface area contributed by atoms with Crippen molar-refractivity contribution in [2.75, 3.05) is 20.1 Å². The lowest BCUT2D eigenvalue weighted by molar-refractivity contribution is -0.128. The zero-order chi connectivity index (χ0) is 15.8. The number of hydrogen-bond acceptors (Lipinski definition) is 3. The molecule has 3 N–H and O–H groups in total. The molecule has 0 aliphatic rings. The minimum atomic E-state index is -0.240. The van der Waals surface area contributed by atoms with E-state index in [2.05, 4.69) is 19.2 Å². The topological polar surface area (TPSA) is 75.4 Å². The van der Waals surface area contributed by atoms with Crippen LogP contribution >= 0.6 is 0 Å². The van der Waals surface area contributed by atoms with E-state index in [0.29, 0.717) is 18.0 Å². The largest absolute Gasteiger partial charge is 0.344 e. The van der Waals surface area contributed by atoms with Gasteiger partial charge >= 0.3 is 0 Å². The zero-order valence-electron chi connectivity index (χ0n) is 13.0. The molecule has 0 saturated heterocycles. The molecule has 0 heterocycles. The quantitative estimate of drug-likeness (QED) is 0.794. The Kier molecular flexibility index (Phi) is 6.88. The van der Waals surface area contributed by atoms with Gasteiger partial charge in [-0.15, -0.1) is 0 Å². The number of amides is 2. The van der Waals surface area contributed by atoms with Crippen molar-refractivity contribution in [3.63, 3.8) is 0 Å². The van der Waals surface area contributed by atoms with Crippen LogP contribution in [0.2, 0.25) is 0 Å². The summed E-state index contributed by atoms with van der Waals surface area (Å²) in [6, 6.07) is 8.93. The number of likely N-dealkylation sites (N-methyl/N-ethyl adjacent to an activating group) is 1. The highest BCUT2D eigenvalue weighted by Gasteiger charge is 2.14. The van der Waals surface area contributed by atoms with Gasteiger partial charge in [-0.25, -0.2) is 0 Å². The summed E-state index contributed by atoms with van der Waals surface area (Å²) in [5.41, 5.74) is 6.51. The third-order valence-electron chi connectivity index (χ3n) is 3.52. The monoisotopic (exact) mass is 291 g/mol. The SMILES string of the molecule is CC(C)C(N)CCN(C)C(=O)CNC(=O)c1ccccc1. The van der Waals surface area contributed by atoms with E-state index in [1.807, 2.05) is 6.07 Å². The third kappa shape index (κ3) is 5.95. The number of benzene rings is 1. The molecule has 0 aromatic heterocycles. The lowest BCUT2D eigenvalue weighted by Gasteiger charge is -2.21. The summed E-state index contributed by atoms with van der Waals surface area (Å²) in [5, 5.41) is 2.63. The first-order valence-corrected chi connectivity index (χ1v) is 7.24. The highest BCUT2D eigenvalue weighted by Crippen LogP contribution is 2.03. The summed E-state index contributed by atoms with van der Waals surface area (Å²) in [5.74, 6) is 0.0396. The molecular weight excluding hydrogens is 266 g/mol. The van der Waals surface area contributed by atoms with Gasteiger partial charge in [-0.2, -0.15) is 0 Å². The number of hydrogen-bond donors (Lipinski definition) is 2. The Morgan fingerprint density at radius 3 is 2.43 bits per heavy atom. The zero-order valence-corrected chi connectivity index (χ0v) is 13.0. The Balaban J connectivity index is 2.34. The summed E-state index contributed by atoms with van der Waals surface area (Å²) in [4.78, 5) is 25.4. The van der Waals surface area contributed by atoms with E-state index >= 15 is 0 Å². The van der Waals surface area contributed by atoms with Crippen LogP contribution in [0.4, 0.5) is 0 Å². The van der Waals surface area contributed by atoms with Crippen molar-refractivity contribution in [2.24, 2.45) is 11.7 Å². The van der Waals surface area contributed by atoms with Crippen LogP contribution in [0.5, 0.6) is 0 Å². The van der Waals surface area contributed by atoms with Crippen LogP contribution in [0.3, 0.4) is 0 Å². The molecule has 5 heteroatoms. The van der Waals surface area contributed by atoms with Crippen LogP contribution in [0.25, 0.3) is 0 Å². The molecule has 1 aromatic rings. The second-order valence-electron chi connectivity index (χ2n) is 5.56. The van der Waals surface area contributed by atoms with Crippen molar-refractivity contribution < 1.29 is 9.59 Å². The number of carbonyl (C=O) groups is 2. The summed E-state index contributed by atoms with van der Waals surface area (Å²) < 4.78 is 0. The third-order valence-corrected chi connectivity index (χ3v) is 3.52. The van der Waals surface area contributed by atoms with Gasteiger partial charge in [-0.05, 0) is 24.5 Å². The minimum absolute atomic E-state index is 0.00114. The van der Waals surface area contributed by atoms with Crippen LogP contribution in [-0.2, 0) is 4.79 Å². The first-order valence-electron chi connectivity index (χ1n) is 7.24. The van der Waals surface area contributed by atoms with Gasteiger partial charge < -0.3 is 16.0 Å². The molecule has 0 fully saturated rings. The van der Waals surface area contributed by atoms with E-state index in [1.165, 1.54) is 0 Å². The van der Waals surface area contributed by atoms with Crippen molar-refractivity contribution in [1.82, 2.24) is 10.2 Å². The molecule has 0 bridgehead atoms. The van der Waals surface area contributed by atoms with Crippen molar-refractivity contribution in [3.8, 4) is 0 Å². The van der Waals surface area contributed by atoms with Crippen LogP contribution in [-0.4, -0.2) is 42.9 Å². The molecular formula is C16H25N3O2. The van der Waals surface area contributed by atoms with Gasteiger partial charge in [-0.1, -0.05) is 32.0 Å². The molecule has 1 rings (SSSR count). The van der Waals surface area contributed by atoms with Gasteiger partial charge in [0.1, 0.15) is 0 Å². The van der Waals surface area contributed by atoms with E-state index in [-0.39, 0.29) is 24.4 Å². The molecule has 5 nitrogen and oxygen atoms in total. The molecule has 116 valence electrons. The average Bonchev–Trinajstić information content (AvgIpc) is 2.50. The predicted octanol–water partition coefficient (Wildman–Crippen LogP) is 1.25. The lowest BCUT2D eigenvalue weighted by atomic mass is 10.0. The Morgan fingerprint density at radius 2 is 1.86 bits per heavy atom. The molecule has 0 saturated carbocycles. The van der Waals surface area contributed by atoms with Gasteiger partial charge in [0.05, 0.1) is 6.54 Å². The van der Waals surface area contributed by atoms with Crippen molar-refractivity contribution in [3.05, 3.63) is 35.9 Å². The van der Waals surface area contributed by atoms with Crippen molar-refractivity contribution >= 4 is 11.8 Å². The molecule has 0 aliphatic carbocycles. The van der Waals surface area contributed by atoms with Crippen LogP contribution in [0.1, 0.15) is 30.6 Å². The highest BCUT2D eigenvalue weighted by atomic mass is 16.2. The lowest BCUT2D eigenvalue weighted by Crippen LogP contribution is -2.40. The average molecular weight is 291 g/mol. The molecule has 0 spiro atoms. The second kappa shape index (κ2) is 8.42. The number of nitrogens with one attached hydrogen (secondary N) is 1. The van der Waals surface area contributed by atoms with E-state index in [4.69, 9.17) is 5.73 Å². The van der Waals surface area contributed by atoms with Crippen molar-refractivity contribution in [1.29, 1.82) is 0 Å². The Labute approximate surface area is 126 Å². The standard InChI is InChI=1S/C16H25N3O2/c1-12(2)14(17)9-10-19(3)15(20)11-18-16(21)13-7-5-4-6-8-13/h4-8,12,14H,9-11,17H2,1-3H3,(H,18,21). The maximum absolute atomic E-state index is 11.9. The van der Waals surface area contributed by atoms with Crippen LogP contribution in [0, 0.1) is 5.92 Å². The van der Waals surface area contributed by atoms with Gasteiger partial charge in [0.15, 0.2) is 0 Å². The molecule has 1 aromatic carbocycles. The first-order chi connectivity index (χ1) is 9.91. The van der Waals surface area contributed by atoms with Crippen LogP contribution < -0.4 is 11.1 Å². The molecule has 0 radical (unpaired) electrons. The number of rotatable bonds is 7. The van der Waals surface area contributed by atoms with Gasteiger partial charge in [-0.3, -0.25) is 9.59 Å². The summed E-state index contributed by atoms with van der Waals surface area (Å²) in [6.45, 7) is 4.72. The molecule has 21 heavy (non-hydrogen) atoms. The number of nitrogens with two attached hydrogens (primary N) is 1. The summed E-state index contributed by atoms with van der Waals surface area (Å²) in [7, 11) is 1.73. The summed E-state index contributed by atoms with van der Waals surface area (Å²) >= 11 is 0. The molecule has 0 aliphatic heterocycles. The molecule has 1 atom stereocenters. The Bertz CT molecular complexity index is 460. The van der Waals surface area contributed by atoms with E-state index in [9.17, 15) is 9.59 Å². The second-order valence-corrected chi connectivity index (χ2v) is 5.56. The number of nitrogens with zero attached hydrogens (tertiary/aromatic N) is 1. The smallest absolute Gasteiger partial charge is 0.251 e. The van der Waals surface area contributed by atoms with Gasteiger partial charge in [0.2, 0.25) is 5.91 Å². The molecule has 1 unspecified atom stereocenters. The maximum atomic E-state index is 11.9. The number of carbonyl (C=O) groups excluding carboxylic acids is 2. The molecule has 2 amide bonds. The minimum Gasteiger partial charge on any atom is -0.344 e. The van der Waals surface area contributed by atoms with Crippen LogP contribution in [0.15, 0.2) is 30.3 Å². The van der Waals surface area contributed by atoms with Gasteiger partial charge in [0.25, 0.3) is 5.91 Å². The van der Waals surface area contributed by atoms with E-state index < -0.39 is 0 Å². The fourth-order valence-electron chi connectivity index (χ4n) is 1.78. The normalized spacial score (nSPS) is 12.0. The summed E-state index contributed by atoms with van der Waals surface area (Å²) in [6.07, 6.45) is 0.756.